The lowest BCUT2D eigenvalue weighted by atomic mass is 10.0. The van der Waals surface area contributed by atoms with Crippen LogP contribution in [0.5, 0.6) is 5.88 Å². The molecular weight excluding hydrogens is 498 g/mol. The minimum atomic E-state index is -3.89. The molecule has 0 saturated carbocycles. The summed E-state index contributed by atoms with van der Waals surface area (Å²) in [6.07, 6.45) is 4.32. The fourth-order valence-corrected chi connectivity index (χ4v) is 4.52. The smallest absolute Gasteiger partial charge is 0.263 e. The van der Waals surface area contributed by atoms with Gasteiger partial charge in [0.1, 0.15) is 12.1 Å². The minimum Gasteiger partial charge on any atom is -0.481 e. The van der Waals surface area contributed by atoms with E-state index in [0.29, 0.717) is 5.69 Å². The fraction of sp³-hybridized carbons (Fsp3) is 0.0400. The van der Waals surface area contributed by atoms with E-state index in [0.717, 1.165) is 16.3 Å². The third-order valence-electron chi connectivity index (χ3n) is 4.99. The quantitative estimate of drug-likeness (QED) is 0.248. The number of nitrogens with zero attached hydrogens (tertiary/aromatic N) is 2. The normalized spacial score (nSPS) is 11.2. The lowest BCUT2D eigenvalue weighted by Gasteiger charge is -2.10. The predicted molar refractivity (Wildman–Crippen MR) is 143 cm³/mol. The van der Waals surface area contributed by atoms with Crippen molar-refractivity contribution in [3.05, 3.63) is 90.8 Å². The Kier molecular flexibility index (Phi) is 7.52. The van der Waals surface area contributed by atoms with Gasteiger partial charge in [0.25, 0.3) is 10.0 Å². The number of fused-ring (bicyclic) bond motifs is 1. The Morgan fingerprint density at radius 1 is 1.00 bits per heavy atom. The van der Waals surface area contributed by atoms with Gasteiger partial charge in [-0.05, 0) is 58.9 Å². The molecule has 4 aromatic rings. The van der Waals surface area contributed by atoms with Gasteiger partial charge in [-0.3, -0.25) is 14.8 Å². The van der Waals surface area contributed by atoms with Crippen LogP contribution in [-0.4, -0.2) is 36.5 Å². The topological polar surface area (TPSA) is 122 Å². The summed E-state index contributed by atoms with van der Waals surface area (Å²) in [7, 11) is -2.47. The zero-order chi connectivity index (χ0) is 25.5. The number of thiocarbonyl (C=S) groups is 1. The van der Waals surface area contributed by atoms with E-state index in [1.165, 1.54) is 49.8 Å². The standard InChI is InChI=1S/C25H21N5O4S2/c1-34-24-15-22(26-16-27-24)30-36(32,33)20-12-10-19(11-13-20)28-25(35)29-23(31)14-9-18-7-4-6-17-5-2-3-8-21(17)18/h2-16H,1H3,(H,26,27,30)(H2,28,29,31,35)/b14-9+. The van der Waals surface area contributed by atoms with Crippen LogP contribution in [0.4, 0.5) is 11.5 Å². The first-order chi connectivity index (χ1) is 17.3. The van der Waals surface area contributed by atoms with Crippen LogP contribution < -0.4 is 20.1 Å². The zero-order valence-electron chi connectivity index (χ0n) is 19.0. The summed E-state index contributed by atoms with van der Waals surface area (Å²) in [5.41, 5.74) is 1.41. The van der Waals surface area contributed by atoms with E-state index in [1.54, 1.807) is 6.08 Å². The van der Waals surface area contributed by atoms with Crippen molar-refractivity contribution in [2.75, 3.05) is 17.1 Å². The SMILES string of the molecule is COc1cc(NS(=O)(=O)c2ccc(NC(=S)NC(=O)/C=C/c3cccc4ccccc34)cc2)ncn1. The third kappa shape index (κ3) is 6.20. The number of methoxy groups -OCH3 is 1. The third-order valence-corrected chi connectivity index (χ3v) is 6.56. The molecule has 0 aliphatic rings. The molecule has 0 saturated heterocycles. The lowest BCUT2D eigenvalue weighted by Crippen LogP contribution is -2.32. The first kappa shape index (κ1) is 24.8. The van der Waals surface area contributed by atoms with E-state index in [1.807, 2.05) is 42.5 Å². The highest BCUT2D eigenvalue weighted by Gasteiger charge is 2.15. The Bertz CT molecular complexity index is 1550. The number of amides is 1. The number of benzene rings is 3. The number of anilines is 2. The molecule has 182 valence electrons. The van der Waals surface area contributed by atoms with Gasteiger partial charge in [0.2, 0.25) is 11.8 Å². The van der Waals surface area contributed by atoms with E-state index in [4.69, 9.17) is 17.0 Å². The molecule has 0 aliphatic heterocycles. The first-order valence-electron chi connectivity index (χ1n) is 10.6. The average Bonchev–Trinajstić information content (AvgIpc) is 2.87. The molecule has 1 aromatic heterocycles. The summed E-state index contributed by atoms with van der Waals surface area (Å²) in [4.78, 5) is 20.0. The molecular formula is C25H21N5O4S2. The van der Waals surface area contributed by atoms with Crippen LogP contribution in [0.1, 0.15) is 5.56 Å². The molecule has 0 aliphatic carbocycles. The van der Waals surface area contributed by atoms with Gasteiger partial charge in [-0.2, -0.15) is 0 Å². The highest BCUT2D eigenvalue weighted by Crippen LogP contribution is 2.20. The molecule has 0 unspecified atom stereocenters. The van der Waals surface area contributed by atoms with Crippen LogP contribution in [0.2, 0.25) is 0 Å². The minimum absolute atomic E-state index is 0.0126. The fourth-order valence-electron chi connectivity index (χ4n) is 3.30. The molecule has 1 heterocycles. The van der Waals surface area contributed by atoms with Crippen LogP contribution >= 0.6 is 12.2 Å². The molecule has 11 heteroatoms. The lowest BCUT2D eigenvalue weighted by molar-refractivity contribution is -0.115. The number of rotatable bonds is 7. The predicted octanol–water partition coefficient (Wildman–Crippen LogP) is 3.97. The monoisotopic (exact) mass is 519 g/mol. The van der Waals surface area contributed by atoms with Gasteiger partial charge in [0.15, 0.2) is 5.11 Å². The number of carbonyl (C=O) groups is 1. The van der Waals surface area contributed by atoms with Crippen LogP contribution in [0.3, 0.4) is 0 Å². The van der Waals surface area contributed by atoms with Gasteiger partial charge < -0.3 is 10.1 Å². The largest absolute Gasteiger partial charge is 0.481 e. The maximum Gasteiger partial charge on any atom is 0.263 e. The Labute approximate surface area is 213 Å². The Morgan fingerprint density at radius 2 is 1.75 bits per heavy atom. The van der Waals surface area contributed by atoms with Gasteiger partial charge >= 0.3 is 0 Å². The second-order valence-corrected chi connectivity index (χ2v) is 9.51. The van der Waals surface area contributed by atoms with E-state index in [9.17, 15) is 13.2 Å². The van der Waals surface area contributed by atoms with Crippen molar-refractivity contribution in [3.63, 3.8) is 0 Å². The van der Waals surface area contributed by atoms with Gasteiger partial charge in [-0.1, -0.05) is 42.5 Å². The molecule has 4 rings (SSSR count). The summed E-state index contributed by atoms with van der Waals surface area (Å²) in [6, 6.07) is 21.0. The number of nitrogens with one attached hydrogen (secondary N) is 3. The zero-order valence-corrected chi connectivity index (χ0v) is 20.6. The molecule has 0 bridgehead atoms. The van der Waals surface area contributed by atoms with Gasteiger partial charge in [-0.15, -0.1) is 0 Å². The summed E-state index contributed by atoms with van der Waals surface area (Å²) in [5, 5.41) is 7.62. The average molecular weight is 520 g/mol. The second kappa shape index (κ2) is 10.9. The second-order valence-electron chi connectivity index (χ2n) is 7.42. The molecule has 0 fully saturated rings. The van der Waals surface area contributed by atoms with Crippen LogP contribution in [0, 0.1) is 0 Å². The van der Waals surface area contributed by atoms with Crippen molar-refractivity contribution in [3.8, 4) is 5.88 Å². The molecule has 3 aromatic carbocycles. The molecule has 3 N–H and O–H groups in total. The molecule has 1 amide bonds. The van der Waals surface area contributed by atoms with E-state index in [-0.39, 0.29) is 21.7 Å². The van der Waals surface area contributed by atoms with Crippen LogP contribution in [0.25, 0.3) is 16.8 Å². The van der Waals surface area contributed by atoms with Gasteiger partial charge in [-0.25, -0.2) is 18.4 Å². The Morgan fingerprint density at radius 3 is 2.53 bits per heavy atom. The van der Waals surface area contributed by atoms with Crippen molar-refractivity contribution in [1.82, 2.24) is 15.3 Å². The van der Waals surface area contributed by atoms with Crippen molar-refractivity contribution in [2.45, 2.75) is 4.90 Å². The maximum absolute atomic E-state index is 12.6. The van der Waals surface area contributed by atoms with Gasteiger partial charge in [0.05, 0.1) is 12.0 Å². The summed E-state index contributed by atoms with van der Waals surface area (Å²) in [5.74, 6) is -0.0987. The van der Waals surface area contributed by atoms with E-state index < -0.39 is 15.9 Å². The highest BCUT2D eigenvalue weighted by atomic mass is 32.2. The van der Waals surface area contributed by atoms with Gasteiger partial charge in [0, 0.05) is 17.8 Å². The number of carbonyl (C=O) groups excluding carboxylic acids is 1. The highest BCUT2D eigenvalue weighted by molar-refractivity contribution is 7.92. The van der Waals surface area contributed by atoms with Crippen molar-refractivity contribution in [1.29, 1.82) is 0 Å². The number of aromatic nitrogens is 2. The molecule has 0 radical (unpaired) electrons. The molecule has 36 heavy (non-hydrogen) atoms. The van der Waals surface area contributed by atoms with E-state index >= 15 is 0 Å². The Balaban J connectivity index is 1.35. The first-order valence-corrected chi connectivity index (χ1v) is 12.5. The summed E-state index contributed by atoms with van der Waals surface area (Å²) in [6.45, 7) is 0. The van der Waals surface area contributed by atoms with Crippen molar-refractivity contribution >= 4 is 61.6 Å². The van der Waals surface area contributed by atoms with E-state index in [2.05, 4.69) is 25.3 Å². The molecule has 9 nitrogen and oxygen atoms in total. The summed E-state index contributed by atoms with van der Waals surface area (Å²) < 4.78 is 32.6. The Hall–Kier alpha value is -4.35. The molecule has 0 atom stereocenters. The number of hydrogen-bond donors (Lipinski definition) is 3. The van der Waals surface area contributed by atoms with Crippen LogP contribution in [-0.2, 0) is 14.8 Å². The molecule has 0 spiro atoms. The number of sulfonamides is 1. The van der Waals surface area contributed by atoms with Crippen molar-refractivity contribution in [2.24, 2.45) is 0 Å². The number of ether oxygens (including phenoxy) is 1. The van der Waals surface area contributed by atoms with Crippen molar-refractivity contribution < 1.29 is 17.9 Å². The number of hydrogen-bond acceptors (Lipinski definition) is 7. The summed E-state index contributed by atoms with van der Waals surface area (Å²) >= 11 is 5.20. The van der Waals surface area contributed by atoms with Crippen LogP contribution in [0.15, 0.2) is 90.1 Å². The maximum atomic E-state index is 12.6.